The largest absolute Gasteiger partial charge is 0.478 e. The zero-order valence-electron chi connectivity index (χ0n) is 11.2. The minimum absolute atomic E-state index is 0.00551. The van der Waals surface area contributed by atoms with Gasteiger partial charge in [0.05, 0.1) is 11.3 Å². The molecule has 1 rings (SSSR count). The molecule has 0 saturated carbocycles. The van der Waals surface area contributed by atoms with Crippen LogP contribution in [0, 0.1) is 17.7 Å². The van der Waals surface area contributed by atoms with Gasteiger partial charge < -0.3 is 10.4 Å². The van der Waals surface area contributed by atoms with Crippen LogP contribution in [0.5, 0.6) is 0 Å². The molecule has 1 unspecified atom stereocenters. The lowest BCUT2D eigenvalue weighted by molar-refractivity contribution is -0.117. The first-order valence-electron chi connectivity index (χ1n) is 6.14. The molecule has 1 aromatic carbocycles. The molecule has 1 atom stereocenters. The average Bonchev–Trinajstić information content (AvgIpc) is 2.31. The molecular weight excluding hydrogens is 249 g/mol. The monoisotopic (exact) mass is 267 g/mol. The second-order valence-electron chi connectivity index (χ2n) is 4.97. The maximum absolute atomic E-state index is 13.6. The number of amides is 1. The van der Waals surface area contributed by atoms with Crippen LogP contribution in [0.2, 0.25) is 0 Å². The van der Waals surface area contributed by atoms with Crippen LogP contribution in [0.4, 0.5) is 10.1 Å². The molecule has 0 fully saturated rings. The van der Waals surface area contributed by atoms with Crippen molar-refractivity contribution in [3.05, 3.63) is 29.6 Å². The number of halogens is 1. The van der Waals surface area contributed by atoms with E-state index in [1.807, 2.05) is 20.8 Å². The summed E-state index contributed by atoms with van der Waals surface area (Å²) in [5.41, 5.74) is -0.142. The third-order valence-corrected chi connectivity index (χ3v) is 3.14. The van der Waals surface area contributed by atoms with Gasteiger partial charge in [-0.15, -0.1) is 0 Å². The van der Waals surface area contributed by atoms with Crippen LogP contribution in [0.3, 0.4) is 0 Å². The third kappa shape index (κ3) is 4.35. The molecule has 0 aliphatic rings. The van der Waals surface area contributed by atoms with E-state index < -0.39 is 11.8 Å². The Kier molecular flexibility index (Phi) is 5.03. The molecule has 0 aromatic heterocycles. The third-order valence-electron chi connectivity index (χ3n) is 3.14. The zero-order chi connectivity index (χ0) is 14.6. The number of carbonyl (C=O) groups is 2. The minimum atomic E-state index is -1.20. The molecule has 0 aliphatic carbocycles. The first-order valence-corrected chi connectivity index (χ1v) is 6.14. The number of carboxylic acids is 1. The van der Waals surface area contributed by atoms with Crippen LogP contribution in [0.25, 0.3) is 0 Å². The molecule has 5 heteroatoms. The zero-order valence-corrected chi connectivity index (χ0v) is 11.2. The molecule has 1 amide bonds. The van der Waals surface area contributed by atoms with E-state index in [1.165, 1.54) is 12.1 Å². The fourth-order valence-electron chi connectivity index (χ4n) is 1.48. The van der Waals surface area contributed by atoms with Gasteiger partial charge in [0.15, 0.2) is 0 Å². The summed E-state index contributed by atoms with van der Waals surface area (Å²) in [6, 6.07) is 3.41. The van der Waals surface area contributed by atoms with Crippen molar-refractivity contribution in [1.82, 2.24) is 0 Å². The van der Waals surface area contributed by atoms with E-state index in [1.54, 1.807) is 0 Å². The smallest absolute Gasteiger partial charge is 0.335 e. The first-order chi connectivity index (χ1) is 8.81. The Hall–Kier alpha value is -1.91. The van der Waals surface area contributed by atoms with Gasteiger partial charge in [-0.1, -0.05) is 20.8 Å². The van der Waals surface area contributed by atoms with Crippen molar-refractivity contribution in [1.29, 1.82) is 0 Å². The van der Waals surface area contributed by atoms with E-state index in [4.69, 9.17) is 5.11 Å². The molecule has 0 bridgehead atoms. The van der Waals surface area contributed by atoms with Gasteiger partial charge in [0.2, 0.25) is 5.91 Å². The summed E-state index contributed by atoms with van der Waals surface area (Å²) in [7, 11) is 0. The van der Waals surface area contributed by atoms with E-state index in [9.17, 15) is 14.0 Å². The molecule has 0 radical (unpaired) electrons. The predicted octanol–water partition coefficient (Wildman–Crippen LogP) is 3.14. The Morgan fingerprint density at radius 3 is 2.42 bits per heavy atom. The summed E-state index contributed by atoms with van der Waals surface area (Å²) >= 11 is 0. The number of aromatic carboxylic acids is 1. The second kappa shape index (κ2) is 6.31. The number of rotatable bonds is 5. The Morgan fingerprint density at radius 2 is 1.95 bits per heavy atom. The number of carboxylic acid groups (broad SMARTS) is 1. The summed E-state index contributed by atoms with van der Waals surface area (Å²) in [5.74, 6) is -1.66. The highest BCUT2D eigenvalue weighted by Gasteiger charge is 2.15. The molecule has 1 aromatic rings. The van der Waals surface area contributed by atoms with Gasteiger partial charge in [0, 0.05) is 6.42 Å². The standard InChI is InChI=1S/C14H18FNO3/c1-8(2)9(3)6-13(17)16-12-5-4-10(14(18)19)7-11(12)15/h4-5,7-9H,6H2,1-3H3,(H,16,17)(H,18,19). The van der Waals surface area contributed by atoms with E-state index in [2.05, 4.69) is 5.32 Å². The Morgan fingerprint density at radius 1 is 1.32 bits per heavy atom. The number of hydrogen-bond donors (Lipinski definition) is 2. The van der Waals surface area contributed by atoms with Crippen LogP contribution >= 0.6 is 0 Å². The van der Waals surface area contributed by atoms with Crippen molar-refractivity contribution in [2.24, 2.45) is 11.8 Å². The normalized spacial score (nSPS) is 12.3. The molecule has 19 heavy (non-hydrogen) atoms. The van der Waals surface area contributed by atoms with Gasteiger partial charge in [0.1, 0.15) is 5.82 Å². The summed E-state index contributed by atoms with van der Waals surface area (Å²) in [4.78, 5) is 22.4. The molecule has 4 nitrogen and oxygen atoms in total. The van der Waals surface area contributed by atoms with Crippen LogP contribution < -0.4 is 5.32 Å². The second-order valence-corrected chi connectivity index (χ2v) is 4.97. The van der Waals surface area contributed by atoms with Crippen LogP contribution in [0.15, 0.2) is 18.2 Å². The SMILES string of the molecule is CC(C)C(C)CC(=O)Nc1ccc(C(=O)O)cc1F. The lowest BCUT2D eigenvalue weighted by Gasteiger charge is -2.15. The topological polar surface area (TPSA) is 66.4 Å². The highest BCUT2D eigenvalue weighted by molar-refractivity contribution is 5.92. The molecule has 104 valence electrons. The summed E-state index contributed by atoms with van der Waals surface area (Å²) in [5, 5.41) is 11.2. The van der Waals surface area contributed by atoms with Crippen molar-refractivity contribution >= 4 is 17.6 Å². The molecular formula is C14H18FNO3. The van der Waals surface area contributed by atoms with Gasteiger partial charge >= 0.3 is 5.97 Å². The van der Waals surface area contributed by atoms with Crippen molar-refractivity contribution in [2.75, 3.05) is 5.32 Å². The Bertz CT molecular complexity index is 486. The van der Waals surface area contributed by atoms with E-state index >= 15 is 0 Å². The van der Waals surface area contributed by atoms with E-state index in [-0.39, 0.29) is 23.1 Å². The Balaban J connectivity index is 2.72. The number of carbonyl (C=O) groups excluding carboxylic acids is 1. The van der Waals surface area contributed by atoms with Gasteiger partial charge in [-0.3, -0.25) is 4.79 Å². The lowest BCUT2D eigenvalue weighted by atomic mass is 9.94. The number of benzene rings is 1. The van der Waals surface area contributed by atoms with Crippen molar-refractivity contribution < 1.29 is 19.1 Å². The quantitative estimate of drug-likeness (QED) is 0.861. The summed E-state index contributed by atoms with van der Waals surface area (Å²) < 4.78 is 13.6. The first kappa shape index (κ1) is 15.1. The molecule has 0 heterocycles. The fourth-order valence-corrected chi connectivity index (χ4v) is 1.48. The highest BCUT2D eigenvalue weighted by atomic mass is 19.1. The molecule has 0 saturated heterocycles. The molecule has 2 N–H and O–H groups in total. The van der Waals surface area contributed by atoms with E-state index in [0.29, 0.717) is 12.3 Å². The molecule has 0 spiro atoms. The maximum Gasteiger partial charge on any atom is 0.335 e. The van der Waals surface area contributed by atoms with Crippen molar-refractivity contribution in [2.45, 2.75) is 27.2 Å². The number of nitrogens with one attached hydrogen (secondary N) is 1. The summed E-state index contributed by atoms with van der Waals surface area (Å²) in [6.07, 6.45) is 0.303. The van der Waals surface area contributed by atoms with E-state index in [0.717, 1.165) is 6.07 Å². The van der Waals surface area contributed by atoms with Gasteiger partial charge in [-0.25, -0.2) is 9.18 Å². The van der Waals surface area contributed by atoms with Crippen molar-refractivity contribution in [3.63, 3.8) is 0 Å². The summed E-state index contributed by atoms with van der Waals surface area (Å²) in [6.45, 7) is 5.98. The predicted molar refractivity (Wildman–Crippen MR) is 70.6 cm³/mol. The lowest BCUT2D eigenvalue weighted by Crippen LogP contribution is -2.18. The Labute approximate surface area is 111 Å². The highest BCUT2D eigenvalue weighted by Crippen LogP contribution is 2.18. The van der Waals surface area contributed by atoms with Crippen LogP contribution in [-0.4, -0.2) is 17.0 Å². The van der Waals surface area contributed by atoms with Gasteiger partial charge in [-0.05, 0) is 30.0 Å². The minimum Gasteiger partial charge on any atom is -0.478 e. The average molecular weight is 267 g/mol. The molecule has 0 aliphatic heterocycles. The van der Waals surface area contributed by atoms with Crippen LogP contribution in [0.1, 0.15) is 37.6 Å². The number of anilines is 1. The number of hydrogen-bond acceptors (Lipinski definition) is 2. The van der Waals surface area contributed by atoms with Gasteiger partial charge in [0.25, 0.3) is 0 Å². The maximum atomic E-state index is 13.6. The fraction of sp³-hybridized carbons (Fsp3) is 0.429. The van der Waals surface area contributed by atoms with Gasteiger partial charge in [-0.2, -0.15) is 0 Å². The van der Waals surface area contributed by atoms with Crippen LogP contribution in [-0.2, 0) is 4.79 Å². The van der Waals surface area contributed by atoms with Crippen molar-refractivity contribution in [3.8, 4) is 0 Å².